The molecule has 0 heterocycles. The van der Waals surface area contributed by atoms with Gasteiger partial charge in [0, 0.05) is 0 Å². The monoisotopic (exact) mass is 748 g/mol. The van der Waals surface area contributed by atoms with Crippen LogP contribution in [-0.2, 0) is 23.9 Å². The normalized spacial score (nSPS) is 11.4. The third-order valence-electron chi connectivity index (χ3n) is 11.0. The van der Waals surface area contributed by atoms with Gasteiger partial charge in [-0.3, -0.25) is 14.4 Å². The Morgan fingerprint density at radius 1 is 0.434 bits per heavy atom. The van der Waals surface area contributed by atoms with Gasteiger partial charge in [-0.1, -0.05) is 214 Å². The molecule has 0 saturated carbocycles. The van der Waals surface area contributed by atoms with E-state index in [1.807, 2.05) is 0 Å². The second kappa shape index (κ2) is 39.8. The molecular weight excluding hydrogens is 659 g/mol. The number of hydrogen-bond acceptors (Lipinski definition) is 5. The first kappa shape index (κ1) is 51.1. The number of ether oxygens (including phenoxy) is 2. The van der Waals surface area contributed by atoms with Gasteiger partial charge < -0.3 is 14.4 Å². The highest BCUT2D eigenvalue weighted by atomic mass is 16.5. The predicted molar refractivity (Wildman–Crippen MR) is 226 cm³/mol. The highest BCUT2D eigenvalue weighted by molar-refractivity contribution is 5.87. The molecule has 0 atom stereocenters. The molecule has 0 spiro atoms. The molecule has 1 amide bonds. The average Bonchev–Trinajstić information content (AvgIpc) is 3.16. The molecule has 0 aliphatic rings. The van der Waals surface area contributed by atoms with E-state index >= 15 is 0 Å². The van der Waals surface area contributed by atoms with Crippen molar-refractivity contribution >= 4 is 17.8 Å². The molecule has 0 bridgehead atoms. The lowest BCUT2D eigenvalue weighted by Crippen LogP contribution is -2.37. The Labute approximate surface area is 329 Å². The number of hydrogen-bond donors (Lipinski definition) is 0. The molecule has 312 valence electrons. The van der Waals surface area contributed by atoms with Crippen LogP contribution < -0.4 is 0 Å². The average molecular weight is 748 g/mol. The Hall–Kier alpha value is -1.85. The molecule has 0 N–H and O–H groups in total. The maximum atomic E-state index is 13.3. The van der Waals surface area contributed by atoms with E-state index < -0.39 is 0 Å². The number of amides is 1. The molecule has 0 unspecified atom stereocenters. The molecule has 0 rings (SSSR count). The van der Waals surface area contributed by atoms with Crippen LogP contribution in [0.25, 0.3) is 0 Å². The number of nitrogens with zero attached hydrogens (tertiary/aromatic N) is 1. The van der Waals surface area contributed by atoms with Crippen LogP contribution in [0.2, 0.25) is 0 Å². The third-order valence-corrected chi connectivity index (χ3v) is 11.0. The first-order valence-corrected chi connectivity index (χ1v) is 23.2. The third kappa shape index (κ3) is 32.1. The quantitative estimate of drug-likeness (QED) is 0.0354. The minimum Gasteiger partial charge on any atom is -0.464 e. The highest BCUT2D eigenvalue weighted by Gasteiger charge is 2.22. The lowest BCUT2D eigenvalue weighted by atomic mass is 9.94. The summed E-state index contributed by atoms with van der Waals surface area (Å²) >= 11 is 0. The van der Waals surface area contributed by atoms with E-state index in [0.29, 0.717) is 0 Å². The van der Waals surface area contributed by atoms with Crippen molar-refractivity contribution in [3.05, 3.63) is 12.7 Å². The molecule has 0 aromatic rings. The smallest absolute Gasteiger partial charge is 0.308 e. The van der Waals surface area contributed by atoms with E-state index in [0.717, 1.165) is 51.4 Å². The van der Waals surface area contributed by atoms with Gasteiger partial charge in [-0.15, -0.1) is 0 Å². The fraction of sp³-hybridized carbons (Fsp3) is 0.894. The molecule has 0 aliphatic heterocycles. The van der Waals surface area contributed by atoms with Crippen molar-refractivity contribution in [3.8, 4) is 0 Å². The number of carbonyl (C=O) groups is 3. The number of esters is 2. The number of rotatable bonds is 41. The molecule has 53 heavy (non-hydrogen) atoms. The largest absolute Gasteiger partial charge is 0.464 e. The molecule has 6 heteroatoms. The number of unbranched alkanes of at least 4 members (excludes halogenated alkanes) is 24. The lowest BCUT2D eigenvalue weighted by Gasteiger charge is -2.23. The van der Waals surface area contributed by atoms with Crippen molar-refractivity contribution in [3.63, 3.8) is 0 Å². The fourth-order valence-corrected chi connectivity index (χ4v) is 7.36. The van der Waals surface area contributed by atoms with Crippen molar-refractivity contribution < 1.29 is 23.9 Å². The van der Waals surface area contributed by atoms with Crippen molar-refractivity contribution in [2.45, 2.75) is 233 Å². The van der Waals surface area contributed by atoms with Crippen LogP contribution in [0.5, 0.6) is 0 Å². The Bertz CT molecular complexity index is 751. The summed E-state index contributed by atoms with van der Waals surface area (Å²) in [6, 6.07) is 0. The Balaban J connectivity index is 4.95. The Kier molecular flexibility index (Phi) is 38.4. The minimum atomic E-state index is -0.234. The van der Waals surface area contributed by atoms with Gasteiger partial charge in [-0.2, -0.15) is 0 Å². The van der Waals surface area contributed by atoms with E-state index in [1.54, 1.807) is 4.90 Å². The van der Waals surface area contributed by atoms with Crippen LogP contribution >= 0.6 is 0 Å². The molecule has 0 radical (unpaired) electrons. The van der Waals surface area contributed by atoms with Crippen LogP contribution in [0.15, 0.2) is 12.7 Å². The van der Waals surface area contributed by atoms with Crippen molar-refractivity contribution in [2.24, 2.45) is 11.8 Å². The van der Waals surface area contributed by atoms with E-state index in [9.17, 15) is 14.4 Å². The molecular formula is C47H89NO5. The molecule has 0 aromatic heterocycles. The van der Waals surface area contributed by atoms with Gasteiger partial charge in [0.05, 0.1) is 24.9 Å². The summed E-state index contributed by atoms with van der Waals surface area (Å²) in [6.45, 7) is 13.5. The van der Waals surface area contributed by atoms with Crippen LogP contribution in [0.4, 0.5) is 0 Å². The van der Waals surface area contributed by atoms with Gasteiger partial charge in [-0.05, 0) is 31.8 Å². The second-order valence-corrected chi connectivity index (χ2v) is 15.9. The minimum absolute atomic E-state index is 0.0737. The second-order valence-electron chi connectivity index (χ2n) is 15.9. The van der Waals surface area contributed by atoms with Crippen LogP contribution in [-0.4, -0.2) is 49.0 Å². The first-order valence-electron chi connectivity index (χ1n) is 23.2. The molecule has 0 aromatic carbocycles. The van der Waals surface area contributed by atoms with E-state index in [2.05, 4.69) is 34.3 Å². The van der Waals surface area contributed by atoms with Crippen molar-refractivity contribution in [1.29, 1.82) is 0 Å². The van der Waals surface area contributed by atoms with Crippen LogP contribution in [0.1, 0.15) is 233 Å². The van der Waals surface area contributed by atoms with Crippen LogP contribution in [0.3, 0.4) is 0 Å². The van der Waals surface area contributed by atoms with Crippen LogP contribution in [0, 0.1) is 11.8 Å². The first-order chi connectivity index (χ1) is 25.9. The Morgan fingerprint density at radius 3 is 0.925 bits per heavy atom. The van der Waals surface area contributed by atoms with Gasteiger partial charge in [0.15, 0.2) is 0 Å². The zero-order chi connectivity index (χ0) is 39.0. The van der Waals surface area contributed by atoms with E-state index in [4.69, 9.17) is 9.47 Å². The SMILES string of the molecule is C=CC(=O)N(CCOC(=O)C(CCCCCCCCC)CCCCCCCCC)CCOC(=O)C(CCCCCCCCC)CCCCCCCCC. The summed E-state index contributed by atoms with van der Waals surface area (Å²) in [6.07, 6.45) is 39.3. The van der Waals surface area contributed by atoms with Gasteiger partial charge in [0.25, 0.3) is 0 Å². The molecule has 0 saturated heterocycles. The van der Waals surface area contributed by atoms with E-state index in [1.165, 1.54) is 160 Å². The topological polar surface area (TPSA) is 72.9 Å². The van der Waals surface area contributed by atoms with Gasteiger partial charge in [0.2, 0.25) is 5.91 Å². The van der Waals surface area contributed by atoms with Gasteiger partial charge in [0.1, 0.15) is 13.2 Å². The maximum absolute atomic E-state index is 13.3. The fourth-order valence-electron chi connectivity index (χ4n) is 7.36. The summed E-state index contributed by atoms with van der Waals surface area (Å²) in [5.74, 6) is -0.635. The van der Waals surface area contributed by atoms with Gasteiger partial charge in [-0.25, -0.2) is 0 Å². The zero-order valence-electron chi connectivity index (χ0n) is 35.9. The maximum Gasteiger partial charge on any atom is 0.308 e. The zero-order valence-corrected chi connectivity index (χ0v) is 35.9. The summed E-state index contributed by atoms with van der Waals surface area (Å²) in [4.78, 5) is 40.9. The summed E-state index contributed by atoms with van der Waals surface area (Å²) < 4.78 is 11.6. The van der Waals surface area contributed by atoms with Gasteiger partial charge >= 0.3 is 11.9 Å². The summed E-state index contributed by atoms with van der Waals surface area (Å²) in [5.41, 5.74) is 0. The van der Waals surface area contributed by atoms with Crippen molar-refractivity contribution in [1.82, 2.24) is 4.90 Å². The summed E-state index contributed by atoms with van der Waals surface area (Å²) in [7, 11) is 0. The van der Waals surface area contributed by atoms with Crippen molar-refractivity contribution in [2.75, 3.05) is 26.3 Å². The summed E-state index contributed by atoms with van der Waals surface area (Å²) in [5, 5.41) is 0. The Morgan fingerprint density at radius 2 is 0.679 bits per heavy atom. The highest BCUT2D eigenvalue weighted by Crippen LogP contribution is 2.23. The predicted octanol–water partition coefficient (Wildman–Crippen LogP) is 13.9. The number of carbonyl (C=O) groups excluding carboxylic acids is 3. The molecule has 0 fully saturated rings. The lowest BCUT2D eigenvalue weighted by molar-refractivity contribution is -0.151. The molecule has 0 aliphatic carbocycles. The molecule has 6 nitrogen and oxygen atoms in total. The van der Waals surface area contributed by atoms with E-state index in [-0.39, 0.29) is 56.0 Å². The standard InChI is InChI=1S/C47H89NO5/c1-6-11-15-19-23-27-31-35-43(36-32-28-24-20-16-12-7-2)46(50)52-41-39-48(45(49)10-5)40-42-53-47(51)44(37-33-29-25-21-17-13-8-3)38-34-30-26-22-18-14-9-4/h10,43-44H,5-9,11-42H2,1-4H3.